The highest BCUT2D eigenvalue weighted by molar-refractivity contribution is 9.10. The summed E-state index contributed by atoms with van der Waals surface area (Å²) in [6, 6.07) is 16.2. The Balaban J connectivity index is 1.55. The minimum absolute atomic E-state index is 0.136. The standard InChI is InChI=1S/C27H25BrN4O5S/c1-27(2,3)37-25(33)17-10-12-18(13-11-17)31-16-21-20-14-23(28)32(38(35,36)19-8-6-5-7-9-19)24(20)29-15-22(21)30(4)26(31)34/h5-15H,16H2,1-4H3. The van der Waals surface area contributed by atoms with Gasteiger partial charge in [-0.15, -0.1) is 0 Å². The van der Waals surface area contributed by atoms with Crippen molar-refractivity contribution in [3.05, 3.63) is 82.6 Å². The molecule has 5 rings (SSSR count). The molecule has 11 heteroatoms. The zero-order valence-corrected chi connectivity index (χ0v) is 23.6. The maximum atomic E-state index is 13.5. The van der Waals surface area contributed by atoms with Crippen LogP contribution in [0.1, 0.15) is 36.7 Å². The van der Waals surface area contributed by atoms with E-state index in [0.717, 1.165) is 9.54 Å². The van der Waals surface area contributed by atoms with E-state index in [-0.39, 0.29) is 23.1 Å². The summed E-state index contributed by atoms with van der Waals surface area (Å²) < 4.78 is 33.8. The minimum Gasteiger partial charge on any atom is -0.456 e. The maximum Gasteiger partial charge on any atom is 0.338 e. The first-order valence-electron chi connectivity index (χ1n) is 11.8. The van der Waals surface area contributed by atoms with Gasteiger partial charge in [0.25, 0.3) is 10.0 Å². The Kier molecular flexibility index (Phi) is 6.31. The Morgan fingerprint density at radius 1 is 1.05 bits per heavy atom. The Morgan fingerprint density at radius 3 is 2.34 bits per heavy atom. The van der Waals surface area contributed by atoms with E-state index in [4.69, 9.17) is 4.74 Å². The van der Waals surface area contributed by atoms with Crippen LogP contribution in [-0.4, -0.2) is 42.0 Å². The van der Waals surface area contributed by atoms with Gasteiger partial charge in [-0.2, -0.15) is 0 Å². The van der Waals surface area contributed by atoms with Gasteiger partial charge in [-0.05, 0) is 79.2 Å². The lowest BCUT2D eigenvalue weighted by molar-refractivity contribution is 0.00695. The lowest BCUT2D eigenvalue weighted by Gasteiger charge is -2.35. The quantitative estimate of drug-likeness (QED) is 0.285. The van der Waals surface area contributed by atoms with Crippen LogP contribution in [-0.2, 0) is 21.3 Å². The average molecular weight is 597 g/mol. The molecule has 2 amide bonds. The molecule has 1 aliphatic rings. The minimum atomic E-state index is -3.93. The van der Waals surface area contributed by atoms with Gasteiger partial charge in [0.15, 0.2) is 5.65 Å². The van der Waals surface area contributed by atoms with Crippen LogP contribution in [0.25, 0.3) is 11.0 Å². The first-order valence-corrected chi connectivity index (χ1v) is 14.0. The number of urea groups is 1. The van der Waals surface area contributed by atoms with Gasteiger partial charge in [0.2, 0.25) is 0 Å². The summed E-state index contributed by atoms with van der Waals surface area (Å²) in [6.45, 7) is 5.58. The summed E-state index contributed by atoms with van der Waals surface area (Å²) in [7, 11) is -2.28. The topological polar surface area (TPSA) is 102 Å². The molecule has 0 saturated heterocycles. The van der Waals surface area contributed by atoms with Crippen LogP contribution in [0.4, 0.5) is 16.2 Å². The molecule has 0 radical (unpaired) electrons. The Morgan fingerprint density at radius 2 is 1.71 bits per heavy atom. The molecule has 3 heterocycles. The zero-order chi connectivity index (χ0) is 27.4. The fourth-order valence-electron chi connectivity index (χ4n) is 4.34. The molecule has 0 unspecified atom stereocenters. The lowest BCUT2D eigenvalue weighted by Crippen LogP contribution is -2.45. The van der Waals surface area contributed by atoms with Crippen molar-refractivity contribution in [3.63, 3.8) is 0 Å². The van der Waals surface area contributed by atoms with Crippen molar-refractivity contribution in [1.29, 1.82) is 0 Å². The summed E-state index contributed by atoms with van der Waals surface area (Å²) in [6.07, 6.45) is 1.52. The molecule has 38 heavy (non-hydrogen) atoms. The van der Waals surface area contributed by atoms with Crippen molar-refractivity contribution in [3.8, 4) is 0 Å². The van der Waals surface area contributed by atoms with E-state index < -0.39 is 21.6 Å². The van der Waals surface area contributed by atoms with E-state index in [1.165, 1.54) is 23.2 Å². The molecular weight excluding hydrogens is 572 g/mol. The zero-order valence-electron chi connectivity index (χ0n) is 21.2. The van der Waals surface area contributed by atoms with Crippen LogP contribution in [0.2, 0.25) is 0 Å². The molecule has 9 nitrogen and oxygen atoms in total. The normalized spacial score (nSPS) is 14.1. The third kappa shape index (κ3) is 4.45. The highest BCUT2D eigenvalue weighted by atomic mass is 79.9. The summed E-state index contributed by atoms with van der Waals surface area (Å²) in [4.78, 5) is 33.3. The highest BCUT2D eigenvalue weighted by Gasteiger charge is 2.33. The molecule has 0 spiro atoms. The summed E-state index contributed by atoms with van der Waals surface area (Å²) >= 11 is 3.41. The fraction of sp³-hybridized carbons (Fsp3) is 0.222. The number of benzene rings is 2. The molecular formula is C27H25BrN4O5S. The molecule has 0 fully saturated rings. The predicted molar refractivity (Wildman–Crippen MR) is 148 cm³/mol. The van der Waals surface area contributed by atoms with Crippen molar-refractivity contribution < 1.29 is 22.7 Å². The third-order valence-corrected chi connectivity index (χ3v) is 8.66. The van der Waals surface area contributed by atoms with Crippen LogP contribution >= 0.6 is 15.9 Å². The predicted octanol–water partition coefficient (Wildman–Crippen LogP) is 5.57. The summed E-state index contributed by atoms with van der Waals surface area (Å²) in [5.41, 5.74) is 1.92. The number of carbonyl (C=O) groups excluding carboxylic acids is 2. The number of hydrogen-bond donors (Lipinski definition) is 0. The number of esters is 1. The number of ether oxygens (including phenoxy) is 1. The second kappa shape index (κ2) is 9.25. The van der Waals surface area contributed by atoms with Crippen molar-refractivity contribution in [2.45, 2.75) is 37.8 Å². The average Bonchev–Trinajstić information content (AvgIpc) is 3.22. The molecule has 2 aromatic heterocycles. The summed E-state index contributed by atoms with van der Waals surface area (Å²) in [5, 5.41) is 0.601. The van der Waals surface area contributed by atoms with Gasteiger partial charge in [-0.3, -0.25) is 9.80 Å². The number of amides is 2. The second-order valence-electron chi connectivity index (χ2n) is 9.89. The van der Waals surface area contributed by atoms with E-state index in [2.05, 4.69) is 20.9 Å². The monoisotopic (exact) mass is 596 g/mol. The van der Waals surface area contributed by atoms with Crippen molar-refractivity contribution in [1.82, 2.24) is 8.96 Å². The maximum absolute atomic E-state index is 13.5. The molecule has 0 bridgehead atoms. The van der Waals surface area contributed by atoms with Crippen LogP contribution in [0, 0.1) is 0 Å². The van der Waals surface area contributed by atoms with E-state index in [1.54, 1.807) is 81.2 Å². The molecule has 0 saturated carbocycles. The number of anilines is 2. The van der Waals surface area contributed by atoms with Gasteiger partial charge in [0.1, 0.15) is 10.2 Å². The molecule has 196 valence electrons. The van der Waals surface area contributed by atoms with Crippen molar-refractivity contribution in [2.75, 3.05) is 16.8 Å². The Hall–Kier alpha value is -3.70. The molecule has 2 aromatic carbocycles. The van der Waals surface area contributed by atoms with Crippen LogP contribution in [0.5, 0.6) is 0 Å². The SMILES string of the molecule is CN1C(=O)N(c2ccc(C(=O)OC(C)(C)C)cc2)Cc2c1cnc1c2cc(Br)n1S(=O)(=O)c1ccccc1. The first-order chi connectivity index (χ1) is 17.9. The highest BCUT2D eigenvalue weighted by Crippen LogP contribution is 2.38. The van der Waals surface area contributed by atoms with Gasteiger partial charge in [0, 0.05) is 23.7 Å². The van der Waals surface area contributed by atoms with Crippen molar-refractivity contribution in [2.24, 2.45) is 0 Å². The first kappa shape index (κ1) is 25.9. The van der Waals surface area contributed by atoms with Gasteiger partial charge >= 0.3 is 12.0 Å². The second-order valence-corrected chi connectivity index (χ2v) is 12.5. The molecule has 0 N–H and O–H groups in total. The number of carbonyl (C=O) groups is 2. The molecule has 1 aliphatic heterocycles. The number of hydrogen-bond acceptors (Lipinski definition) is 6. The molecule has 0 atom stereocenters. The van der Waals surface area contributed by atoms with Crippen LogP contribution < -0.4 is 9.80 Å². The van der Waals surface area contributed by atoms with Crippen molar-refractivity contribution >= 4 is 60.4 Å². The largest absolute Gasteiger partial charge is 0.456 e. The smallest absolute Gasteiger partial charge is 0.338 e. The van der Waals surface area contributed by atoms with Gasteiger partial charge in [-0.25, -0.2) is 27.0 Å². The molecule has 0 aliphatic carbocycles. The summed E-state index contributed by atoms with van der Waals surface area (Å²) in [5.74, 6) is -0.449. The van der Waals surface area contributed by atoms with E-state index in [1.807, 2.05) is 0 Å². The van der Waals surface area contributed by atoms with E-state index in [0.29, 0.717) is 26.9 Å². The van der Waals surface area contributed by atoms with Gasteiger partial charge in [-0.1, -0.05) is 18.2 Å². The van der Waals surface area contributed by atoms with Crippen LogP contribution in [0.15, 0.2) is 76.4 Å². The Labute approximate surface area is 228 Å². The number of pyridine rings is 1. The van der Waals surface area contributed by atoms with E-state index in [9.17, 15) is 18.0 Å². The lowest BCUT2D eigenvalue weighted by atomic mass is 10.1. The number of aromatic nitrogens is 2. The van der Waals surface area contributed by atoms with Gasteiger partial charge in [0.05, 0.1) is 28.9 Å². The number of fused-ring (bicyclic) bond motifs is 3. The van der Waals surface area contributed by atoms with Crippen LogP contribution in [0.3, 0.4) is 0 Å². The third-order valence-electron chi connectivity index (χ3n) is 6.12. The van der Waals surface area contributed by atoms with Gasteiger partial charge < -0.3 is 4.74 Å². The number of nitrogens with zero attached hydrogens (tertiary/aromatic N) is 4. The fourth-order valence-corrected chi connectivity index (χ4v) is 6.68. The number of rotatable bonds is 4. The molecule has 4 aromatic rings. The Bertz CT molecular complexity index is 1680. The number of halogens is 1. The van der Waals surface area contributed by atoms with E-state index >= 15 is 0 Å².